The molecule has 4 heteroatoms. The Kier molecular flexibility index (Phi) is 3.93. The molecule has 0 radical (unpaired) electrons. The van der Waals surface area contributed by atoms with Crippen LogP contribution in [0.5, 0.6) is 0 Å². The van der Waals surface area contributed by atoms with Gasteiger partial charge in [-0.3, -0.25) is 4.79 Å². The molecule has 0 fully saturated rings. The van der Waals surface area contributed by atoms with Crippen molar-refractivity contribution in [1.29, 1.82) is 0 Å². The number of furan rings is 1. The third kappa shape index (κ3) is 2.52. The maximum absolute atomic E-state index is 11.8. The summed E-state index contributed by atoms with van der Waals surface area (Å²) in [6, 6.07) is 11.2. The van der Waals surface area contributed by atoms with Crippen LogP contribution in [-0.2, 0) is 16.6 Å². The van der Waals surface area contributed by atoms with Crippen molar-refractivity contribution in [1.82, 2.24) is 0 Å². The lowest BCUT2D eigenvalue weighted by atomic mass is 9.80. The third-order valence-corrected chi connectivity index (χ3v) is 4.12. The number of benzene rings is 1. The molecule has 0 saturated carbocycles. The molecule has 0 saturated heterocycles. The lowest BCUT2D eigenvalue weighted by Gasteiger charge is -2.26. The highest BCUT2D eigenvalue weighted by atomic mass is 79.9. The van der Waals surface area contributed by atoms with E-state index in [0.717, 1.165) is 15.8 Å². The van der Waals surface area contributed by atoms with E-state index in [9.17, 15) is 4.79 Å². The Morgan fingerprint density at radius 2 is 2.06 bits per heavy atom. The highest BCUT2D eigenvalue weighted by Crippen LogP contribution is 2.35. The lowest BCUT2D eigenvalue weighted by molar-refractivity contribution is -0.116. The molecule has 2 nitrogen and oxygen atoms in total. The fourth-order valence-electron chi connectivity index (χ4n) is 1.94. The summed E-state index contributed by atoms with van der Waals surface area (Å²) in [5, 5.41) is -0.397. The first-order chi connectivity index (χ1) is 8.54. The monoisotopic (exact) mass is 326 g/mol. The van der Waals surface area contributed by atoms with Crippen molar-refractivity contribution in [3.63, 3.8) is 0 Å². The minimum absolute atomic E-state index is 0.397. The summed E-state index contributed by atoms with van der Waals surface area (Å²) in [7, 11) is 0. The van der Waals surface area contributed by atoms with Crippen LogP contribution < -0.4 is 0 Å². The van der Waals surface area contributed by atoms with Gasteiger partial charge in [-0.25, -0.2) is 0 Å². The standard InChI is InChI=1S/C14H12BrClO2/c1-14(13(16)17,9-10-5-4-8-18-10)11-6-2-3-7-12(11)15/h2-8H,9H2,1H3. The zero-order valence-electron chi connectivity index (χ0n) is 9.82. The van der Waals surface area contributed by atoms with Crippen molar-refractivity contribution < 1.29 is 9.21 Å². The van der Waals surface area contributed by atoms with Crippen LogP contribution in [0.25, 0.3) is 0 Å². The molecule has 0 amide bonds. The topological polar surface area (TPSA) is 30.2 Å². The Labute approximate surface area is 119 Å². The van der Waals surface area contributed by atoms with Crippen molar-refractivity contribution in [2.45, 2.75) is 18.8 Å². The van der Waals surface area contributed by atoms with Gasteiger partial charge in [-0.1, -0.05) is 34.1 Å². The summed E-state index contributed by atoms with van der Waals surface area (Å²) in [6.45, 7) is 1.82. The normalized spacial score (nSPS) is 14.2. The molecule has 1 heterocycles. The lowest BCUT2D eigenvalue weighted by Crippen LogP contribution is -2.32. The number of halogens is 2. The number of hydrogen-bond donors (Lipinski definition) is 0. The van der Waals surface area contributed by atoms with E-state index in [4.69, 9.17) is 16.0 Å². The van der Waals surface area contributed by atoms with Gasteiger partial charge in [0, 0.05) is 10.9 Å². The van der Waals surface area contributed by atoms with Crippen LogP contribution in [0, 0.1) is 0 Å². The van der Waals surface area contributed by atoms with Gasteiger partial charge in [0.25, 0.3) is 0 Å². The molecule has 0 N–H and O–H groups in total. The molecular weight excluding hydrogens is 316 g/mol. The van der Waals surface area contributed by atoms with Gasteiger partial charge >= 0.3 is 0 Å². The quantitative estimate of drug-likeness (QED) is 0.783. The molecule has 0 spiro atoms. The van der Waals surface area contributed by atoms with Crippen LogP contribution in [0.3, 0.4) is 0 Å². The van der Waals surface area contributed by atoms with E-state index in [0.29, 0.717) is 6.42 Å². The Bertz CT molecular complexity index is 551. The van der Waals surface area contributed by atoms with Gasteiger partial charge in [0.2, 0.25) is 5.24 Å². The molecule has 0 bridgehead atoms. The van der Waals surface area contributed by atoms with Crippen LogP contribution in [0.4, 0.5) is 0 Å². The van der Waals surface area contributed by atoms with Gasteiger partial charge in [-0.15, -0.1) is 0 Å². The molecule has 0 aliphatic heterocycles. The first kappa shape index (κ1) is 13.4. The average molecular weight is 328 g/mol. The van der Waals surface area contributed by atoms with Crippen LogP contribution in [0.2, 0.25) is 0 Å². The van der Waals surface area contributed by atoms with Crippen molar-refractivity contribution in [2.75, 3.05) is 0 Å². The van der Waals surface area contributed by atoms with E-state index in [1.165, 1.54) is 0 Å². The second-order valence-corrected chi connectivity index (χ2v) is 5.54. The van der Waals surface area contributed by atoms with Gasteiger partial charge in [-0.05, 0) is 42.3 Å². The molecule has 2 rings (SSSR count). The molecule has 1 aromatic heterocycles. The van der Waals surface area contributed by atoms with Gasteiger partial charge in [-0.2, -0.15) is 0 Å². The van der Waals surface area contributed by atoms with Gasteiger partial charge in [0.1, 0.15) is 5.76 Å². The highest BCUT2D eigenvalue weighted by Gasteiger charge is 2.36. The van der Waals surface area contributed by atoms with Gasteiger partial charge < -0.3 is 4.42 Å². The van der Waals surface area contributed by atoms with Crippen molar-refractivity contribution in [3.05, 3.63) is 58.5 Å². The molecule has 1 aromatic carbocycles. The number of rotatable bonds is 4. The average Bonchev–Trinajstić information content (AvgIpc) is 2.81. The molecule has 0 aliphatic rings. The molecule has 1 unspecified atom stereocenters. The second kappa shape index (κ2) is 5.29. The fraction of sp³-hybridized carbons (Fsp3) is 0.214. The SMILES string of the molecule is CC(Cc1ccco1)(C(=O)Cl)c1ccccc1Br. The number of carbonyl (C=O) groups is 1. The van der Waals surface area contributed by atoms with Gasteiger partial charge in [0.05, 0.1) is 11.7 Å². The highest BCUT2D eigenvalue weighted by molar-refractivity contribution is 9.10. The minimum atomic E-state index is -0.806. The first-order valence-electron chi connectivity index (χ1n) is 5.51. The van der Waals surface area contributed by atoms with E-state index in [1.54, 1.807) is 12.3 Å². The van der Waals surface area contributed by atoms with E-state index < -0.39 is 10.7 Å². The summed E-state index contributed by atoms with van der Waals surface area (Å²) in [5.41, 5.74) is 0.0564. The zero-order valence-corrected chi connectivity index (χ0v) is 12.2. The van der Waals surface area contributed by atoms with Crippen LogP contribution in [0.1, 0.15) is 18.2 Å². The van der Waals surface area contributed by atoms with E-state index in [2.05, 4.69) is 15.9 Å². The van der Waals surface area contributed by atoms with Crippen molar-refractivity contribution in [2.24, 2.45) is 0 Å². The molecular formula is C14H12BrClO2. The van der Waals surface area contributed by atoms with Crippen LogP contribution >= 0.6 is 27.5 Å². The summed E-state index contributed by atoms with van der Waals surface area (Å²) < 4.78 is 6.18. The maximum atomic E-state index is 11.8. The Morgan fingerprint density at radius 3 is 2.61 bits per heavy atom. The molecule has 0 aliphatic carbocycles. The van der Waals surface area contributed by atoms with Crippen molar-refractivity contribution in [3.8, 4) is 0 Å². The fourth-order valence-corrected chi connectivity index (χ4v) is 2.83. The largest absolute Gasteiger partial charge is 0.469 e. The third-order valence-electron chi connectivity index (χ3n) is 3.01. The summed E-state index contributed by atoms with van der Waals surface area (Å²) in [5.74, 6) is 0.738. The van der Waals surface area contributed by atoms with Crippen LogP contribution in [-0.4, -0.2) is 5.24 Å². The summed E-state index contributed by atoms with van der Waals surface area (Å²) >= 11 is 9.27. The maximum Gasteiger partial charge on any atom is 0.232 e. The molecule has 94 valence electrons. The van der Waals surface area contributed by atoms with E-state index in [-0.39, 0.29) is 0 Å². The Balaban J connectivity index is 2.45. The summed E-state index contributed by atoms with van der Waals surface area (Å²) in [6.07, 6.45) is 2.03. The number of hydrogen-bond acceptors (Lipinski definition) is 2. The second-order valence-electron chi connectivity index (χ2n) is 4.34. The molecule has 1 atom stereocenters. The van der Waals surface area contributed by atoms with Crippen LogP contribution in [0.15, 0.2) is 51.6 Å². The molecule has 2 aromatic rings. The molecule has 18 heavy (non-hydrogen) atoms. The predicted molar refractivity (Wildman–Crippen MR) is 74.8 cm³/mol. The predicted octanol–water partition coefficient (Wildman–Crippen LogP) is 4.31. The van der Waals surface area contributed by atoms with Crippen molar-refractivity contribution >= 4 is 32.8 Å². The first-order valence-corrected chi connectivity index (χ1v) is 6.68. The Morgan fingerprint density at radius 1 is 1.33 bits per heavy atom. The Hall–Kier alpha value is -1.06. The zero-order chi connectivity index (χ0) is 13.2. The minimum Gasteiger partial charge on any atom is -0.469 e. The van der Waals surface area contributed by atoms with Gasteiger partial charge in [0.15, 0.2) is 0 Å². The smallest absolute Gasteiger partial charge is 0.232 e. The summed E-state index contributed by atoms with van der Waals surface area (Å²) in [4.78, 5) is 11.8. The van der Waals surface area contributed by atoms with E-state index >= 15 is 0 Å². The van der Waals surface area contributed by atoms with E-state index in [1.807, 2.05) is 37.3 Å². The number of carbonyl (C=O) groups excluding carboxylic acids is 1.